The molecule has 1 fully saturated rings. The molecule has 12 heteroatoms. The second-order valence-electron chi connectivity index (χ2n) is 12.6. The van der Waals surface area contributed by atoms with Gasteiger partial charge in [0.25, 0.3) is 0 Å². The average molecular weight is 652 g/mol. The number of hydrogen-bond acceptors (Lipinski definition) is 8. The largest absolute Gasteiger partial charge is 0.395 e. The molecule has 3 rings (SSSR count). The summed E-state index contributed by atoms with van der Waals surface area (Å²) in [5, 5.41) is 20.3. The van der Waals surface area contributed by atoms with E-state index in [1.165, 1.54) is 11.9 Å². The van der Waals surface area contributed by atoms with Gasteiger partial charge in [0, 0.05) is 20.0 Å². The van der Waals surface area contributed by atoms with Gasteiger partial charge >= 0.3 is 0 Å². The van der Waals surface area contributed by atoms with Crippen molar-refractivity contribution in [3.05, 3.63) is 71.8 Å². The number of carbonyl (C=O) groups is 5. The predicted octanol–water partition coefficient (Wildman–Crippen LogP) is 0.761. The summed E-state index contributed by atoms with van der Waals surface area (Å²) in [6.45, 7) is 5.66. The first-order valence-electron chi connectivity index (χ1n) is 16.1. The third-order valence-corrected chi connectivity index (χ3v) is 7.95. The highest BCUT2D eigenvalue weighted by Gasteiger charge is 2.47. The highest BCUT2D eigenvalue weighted by molar-refractivity contribution is 5.97. The summed E-state index contributed by atoms with van der Waals surface area (Å²) in [5.41, 5.74) is 0.911. The number of rotatable bonds is 20. The Balaban J connectivity index is 1.77. The van der Waals surface area contributed by atoms with Crippen molar-refractivity contribution in [2.75, 3.05) is 39.9 Å². The Morgan fingerprint density at radius 1 is 0.872 bits per heavy atom. The molecule has 0 aromatic heterocycles. The van der Waals surface area contributed by atoms with Gasteiger partial charge in [-0.15, -0.1) is 0 Å². The fourth-order valence-corrected chi connectivity index (χ4v) is 5.04. The van der Waals surface area contributed by atoms with E-state index in [-0.39, 0.29) is 57.2 Å². The Morgan fingerprint density at radius 2 is 1.45 bits per heavy atom. The van der Waals surface area contributed by atoms with Gasteiger partial charge in [0.05, 0.1) is 26.3 Å². The van der Waals surface area contributed by atoms with Crippen LogP contribution in [0.5, 0.6) is 0 Å². The molecular formula is C35H49N5O7. The first-order chi connectivity index (χ1) is 22.4. The molecule has 1 aliphatic heterocycles. The number of ketones is 1. The van der Waals surface area contributed by atoms with Gasteiger partial charge in [-0.1, -0.05) is 74.5 Å². The molecule has 0 spiro atoms. The number of aliphatic hydroxyl groups excluding tert-OH is 1. The number of carbonyl (C=O) groups excluding carboxylic acids is 5. The number of likely N-dealkylation sites (N-methyl/N-ethyl adjacent to an activating group) is 1. The number of epoxide rings is 1. The quantitative estimate of drug-likeness (QED) is 0.103. The molecule has 12 nitrogen and oxygen atoms in total. The van der Waals surface area contributed by atoms with Crippen molar-refractivity contribution in [1.82, 2.24) is 26.2 Å². The van der Waals surface area contributed by atoms with E-state index in [0.717, 1.165) is 11.1 Å². The lowest BCUT2D eigenvalue weighted by atomic mass is 9.99. The molecule has 2 aromatic rings. The van der Waals surface area contributed by atoms with Crippen molar-refractivity contribution in [3.8, 4) is 0 Å². The third kappa shape index (κ3) is 12.5. The summed E-state index contributed by atoms with van der Waals surface area (Å²) in [6.07, 6.45) is 1.25. The molecule has 0 saturated carbocycles. The third-order valence-electron chi connectivity index (χ3n) is 7.95. The summed E-state index contributed by atoms with van der Waals surface area (Å²) in [6, 6.07) is 15.8. The van der Waals surface area contributed by atoms with Crippen molar-refractivity contribution in [2.24, 2.45) is 5.92 Å². The van der Waals surface area contributed by atoms with Crippen LogP contribution in [0.2, 0.25) is 0 Å². The molecule has 1 heterocycles. The summed E-state index contributed by atoms with van der Waals surface area (Å²) < 4.78 is 5.24. The zero-order valence-electron chi connectivity index (χ0n) is 27.8. The van der Waals surface area contributed by atoms with Crippen molar-refractivity contribution < 1.29 is 33.8 Å². The van der Waals surface area contributed by atoms with Crippen molar-refractivity contribution in [3.63, 3.8) is 0 Å². The zero-order valence-corrected chi connectivity index (χ0v) is 27.8. The van der Waals surface area contributed by atoms with Gasteiger partial charge in [-0.05, 0) is 43.2 Å². The van der Waals surface area contributed by atoms with Gasteiger partial charge in [-0.3, -0.25) is 24.0 Å². The maximum absolute atomic E-state index is 13.8. The molecule has 0 radical (unpaired) electrons. The summed E-state index contributed by atoms with van der Waals surface area (Å²) in [4.78, 5) is 67.8. The van der Waals surface area contributed by atoms with Crippen LogP contribution in [0.25, 0.3) is 0 Å². The minimum atomic E-state index is -1.01. The van der Waals surface area contributed by atoms with Crippen LogP contribution in [0.1, 0.15) is 44.7 Å². The van der Waals surface area contributed by atoms with Crippen LogP contribution in [-0.2, 0) is 41.6 Å². The molecule has 0 aliphatic carbocycles. The van der Waals surface area contributed by atoms with E-state index < -0.39 is 47.4 Å². The minimum Gasteiger partial charge on any atom is -0.395 e. The highest BCUT2D eigenvalue weighted by atomic mass is 16.6. The molecule has 2 aromatic carbocycles. The number of nitrogens with zero attached hydrogens (tertiary/aromatic N) is 1. The number of nitrogens with one attached hydrogen (secondary N) is 4. The zero-order chi connectivity index (χ0) is 34.4. The standard InChI is InChI=1S/C35H49N5O7/c1-24(2)19-28(38-32(44)27(37-31(43)21-36-17-18-41)16-15-25-11-7-5-8-12-25)33(45)39-29(20-26-13-9-6-10-14-26)34(46)40(4)22-30(42)35(3)23-47-35/h5-14,24,27-29,36,41H,15-23H2,1-4H3,(H,37,43)(H,38,44)(H,39,45)/t27-,28?,29-,35?/m0/s1. The fourth-order valence-electron chi connectivity index (χ4n) is 5.04. The topological polar surface area (TPSA) is 169 Å². The summed E-state index contributed by atoms with van der Waals surface area (Å²) >= 11 is 0. The van der Waals surface area contributed by atoms with Crippen LogP contribution >= 0.6 is 0 Å². The van der Waals surface area contributed by atoms with Crippen LogP contribution < -0.4 is 21.3 Å². The van der Waals surface area contributed by atoms with Gasteiger partial charge in [-0.25, -0.2) is 0 Å². The molecule has 0 bridgehead atoms. The SMILES string of the molecule is CC(C)CC(NC(=O)[C@H](CCc1ccccc1)NC(=O)CNCCO)C(=O)N[C@@H](Cc1ccccc1)C(=O)N(C)CC(=O)C1(C)CO1. The molecule has 256 valence electrons. The molecule has 5 N–H and O–H groups in total. The molecule has 4 amide bonds. The molecular weight excluding hydrogens is 602 g/mol. The number of aryl methyl sites for hydroxylation is 1. The van der Waals surface area contributed by atoms with E-state index in [4.69, 9.17) is 9.84 Å². The number of benzene rings is 2. The molecule has 1 aliphatic rings. The van der Waals surface area contributed by atoms with E-state index in [1.54, 1.807) is 6.92 Å². The highest BCUT2D eigenvalue weighted by Crippen LogP contribution is 2.27. The Bertz CT molecular complexity index is 1330. The minimum absolute atomic E-state index is 0.00828. The Kier molecular flexibility index (Phi) is 14.5. The Hall–Kier alpha value is -4.13. The first kappa shape index (κ1) is 37.3. The fraction of sp³-hybridized carbons (Fsp3) is 0.514. The predicted molar refractivity (Wildman–Crippen MR) is 177 cm³/mol. The number of ether oxygens (including phenoxy) is 1. The smallest absolute Gasteiger partial charge is 0.245 e. The van der Waals surface area contributed by atoms with Crippen LogP contribution in [-0.4, -0.2) is 103 Å². The second kappa shape index (κ2) is 18.3. The van der Waals surface area contributed by atoms with E-state index in [0.29, 0.717) is 13.0 Å². The second-order valence-corrected chi connectivity index (χ2v) is 12.6. The van der Waals surface area contributed by atoms with E-state index in [9.17, 15) is 24.0 Å². The lowest BCUT2D eigenvalue weighted by Crippen LogP contribution is -2.58. The van der Waals surface area contributed by atoms with Crippen molar-refractivity contribution >= 4 is 29.4 Å². The van der Waals surface area contributed by atoms with Crippen molar-refractivity contribution in [1.29, 1.82) is 0 Å². The molecule has 1 saturated heterocycles. The first-order valence-corrected chi connectivity index (χ1v) is 16.1. The lowest BCUT2D eigenvalue weighted by molar-refractivity contribution is -0.139. The van der Waals surface area contributed by atoms with Crippen LogP contribution in [0, 0.1) is 5.92 Å². The van der Waals surface area contributed by atoms with E-state index in [1.807, 2.05) is 74.5 Å². The number of hydrogen-bond donors (Lipinski definition) is 5. The van der Waals surface area contributed by atoms with Gasteiger partial charge in [0.1, 0.15) is 23.7 Å². The van der Waals surface area contributed by atoms with Gasteiger partial charge in [0.2, 0.25) is 23.6 Å². The van der Waals surface area contributed by atoms with Gasteiger partial charge < -0.3 is 36.0 Å². The average Bonchev–Trinajstić information content (AvgIpc) is 3.81. The summed E-state index contributed by atoms with van der Waals surface area (Å²) in [5.74, 6) is -2.15. The maximum atomic E-state index is 13.8. The van der Waals surface area contributed by atoms with Gasteiger partial charge in [-0.2, -0.15) is 0 Å². The molecule has 2 unspecified atom stereocenters. The van der Waals surface area contributed by atoms with E-state index >= 15 is 0 Å². The Labute approximate surface area is 277 Å². The Morgan fingerprint density at radius 3 is 2.02 bits per heavy atom. The van der Waals surface area contributed by atoms with Crippen LogP contribution in [0.3, 0.4) is 0 Å². The van der Waals surface area contributed by atoms with Crippen LogP contribution in [0.15, 0.2) is 60.7 Å². The molecule has 4 atom stereocenters. The van der Waals surface area contributed by atoms with Gasteiger partial charge in [0.15, 0.2) is 5.78 Å². The number of aliphatic hydroxyl groups is 1. The van der Waals surface area contributed by atoms with E-state index in [2.05, 4.69) is 21.3 Å². The lowest BCUT2D eigenvalue weighted by Gasteiger charge is -2.28. The summed E-state index contributed by atoms with van der Waals surface area (Å²) in [7, 11) is 1.51. The number of amides is 4. The van der Waals surface area contributed by atoms with Crippen LogP contribution in [0.4, 0.5) is 0 Å². The van der Waals surface area contributed by atoms with Crippen molar-refractivity contribution in [2.45, 2.75) is 70.2 Å². The molecule has 47 heavy (non-hydrogen) atoms. The normalized spacial score (nSPS) is 17.2. The maximum Gasteiger partial charge on any atom is 0.245 e. The monoisotopic (exact) mass is 651 g/mol. The number of Topliss-reactive ketones (excluding diaryl/α,β-unsaturated/α-hetero) is 1.